The fraction of sp³-hybridized carbons (Fsp3) is 0. The van der Waals surface area contributed by atoms with E-state index < -0.39 is 23.0 Å². The zero-order chi connectivity index (χ0) is 52.0. The molecule has 0 aliphatic carbocycles. The van der Waals surface area contributed by atoms with Gasteiger partial charge >= 0.3 is 42.1 Å². The summed E-state index contributed by atoms with van der Waals surface area (Å²) in [7, 11) is 7.26. The van der Waals surface area contributed by atoms with Gasteiger partial charge in [0.25, 0.3) is 0 Å². The van der Waals surface area contributed by atoms with Crippen LogP contribution < -0.4 is 37.3 Å². The molecule has 372 valence electrons. The number of nitrogens with zero attached hydrogens (tertiary/aromatic N) is 4. The third-order valence-electron chi connectivity index (χ3n) is 9.57. The van der Waals surface area contributed by atoms with E-state index in [9.17, 15) is 0 Å². The van der Waals surface area contributed by atoms with Gasteiger partial charge in [0.2, 0.25) is 0 Å². The van der Waals surface area contributed by atoms with E-state index in [0.29, 0.717) is 10.6 Å². The summed E-state index contributed by atoms with van der Waals surface area (Å²) < 4.78 is 3.13. The van der Waals surface area contributed by atoms with Gasteiger partial charge in [0.15, 0.2) is 0 Å². The summed E-state index contributed by atoms with van der Waals surface area (Å²) in [6.45, 7) is 0. The number of hydrogen-bond acceptors (Lipinski definition) is 6. The Balaban J connectivity index is 0.000000172. The molecule has 0 aliphatic heterocycles. The molecule has 6 aromatic carbocycles. The number of rotatable bonds is 8. The average Bonchev–Trinajstić information content (AvgIpc) is 3.42. The molecule has 0 aliphatic rings. The first-order chi connectivity index (χ1) is 35.6. The maximum atomic E-state index is 8.62. The van der Waals surface area contributed by atoms with Crippen molar-refractivity contribution in [2.24, 2.45) is 0 Å². The first kappa shape index (κ1) is 60.1. The van der Waals surface area contributed by atoms with Crippen LogP contribution >= 0.6 is 113 Å². The molecular weight excluding hydrogens is 1370 g/mol. The molecule has 73 heavy (non-hydrogen) atoms. The van der Waals surface area contributed by atoms with Gasteiger partial charge in [0, 0.05) is 55.3 Å². The molecule has 0 spiro atoms. The van der Waals surface area contributed by atoms with Crippen molar-refractivity contribution in [3.8, 4) is 11.1 Å². The number of hydrogen-bond donors (Lipinski definition) is 2. The molecule has 6 nitrogen and oxygen atoms in total. The monoisotopic (exact) mass is 1410 g/mol. The van der Waals surface area contributed by atoms with E-state index in [1.165, 1.54) is 50.2 Å². The predicted octanol–water partition coefficient (Wildman–Crippen LogP) is 13.7. The maximum absolute atomic E-state index is 8.62. The molecule has 0 radical (unpaired) electrons. The summed E-state index contributed by atoms with van der Waals surface area (Å²) in [4.78, 5) is 15.6. The second-order valence-corrected chi connectivity index (χ2v) is 25.2. The Morgan fingerprint density at radius 1 is 0.425 bits per heavy atom. The minimum atomic E-state index is -1.47. The van der Waals surface area contributed by atoms with Crippen LogP contribution in [0.3, 0.4) is 0 Å². The Morgan fingerprint density at radius 3 is 1.03 bits per heavy atom. The molecule has 17 heteroatoms. The standard InChI is InChI=1S/2C18H15P.C10H6BrClN2.C5H5BClNO2.C5H3BrIN.2ClH.Pd/c2*1-4-10-16(11-5-1)19(17-12-6-2-7-13-17)18-14-8-3-9-15-18;11-9-3-8(5-13-6-9)7-1-2-14-10(12)4-7;7-5-3-4(6(9)10)1-2-8-5;6-4-1-5(7)3-8-2-4;;;/h2*1-15H;1-6H;1-3,9-10H;1-3H;2*1H;/q;;;;;;;+2/p-2. The van der Waals surface area contributed by atoms with Crippen molar-refractivity contribution in [3.63, 3.8) is 0 Å². The van der Waals surface area contributed by atoms with Crippen LogP contribution in [0, 0.1) is 3.57 Å². The van der Waals surface area contributed by atoms with Gasteiger partial charge in [-0.25, -0.2) is 9.97 Å². The zero-order valence-electron chi connectivity index (χ0n) is 38.4. The average molecular weight is 1410 g/mol. The minimum absolute atomic E-state index is 0.106. The Bertz CT molecular complexity index is 2730. The molecule has 10 aromatic rings. The Morgan fingerprint density at radius 2 is 0.753 bits per heavy atom. The van der Waals surface area contributed by atoms with Crippen LogP contribution in [0.4, 0.5) is 0 Å². The van der Waals surface area contributed by atoms with Gasteiger partial charge in [-0.15, -0.1) is 0 Å². The maximum Gasteiger partial charge on any atom is -0.0134 e. The molecule has 0 saturated heterocycles. The van der Waals surface area contributed by atoms with Crippen molar-refractivity contribution in [2.75, 3.05) is 0 Å². The molecule has 10 rings (SSSR count). The van der Waals surface area contributed by atoms with Crippen molar-refractivity contribution in [1.29, 1.82) is 0 Å². The summed E-state index contributed by atoms with van der Waals surface area (Å²) in [6.07, 6.45) is 10.2. The van der Waals surface area contributed by atoms with Crippen LogP contribution in [0.1, 0.15) is 0 Å². The molecule has 0 fully saturated rings. The molecule has 0 unspecified atom stereocenters. The van der Waals surface area contributed by atoms with Crippen molar-refractivity contribution in [2.45, 2.75) is 0 Å². The third-order valence-corrected chi connectivity index (χ3v) is 16.3. The van der Waals surface area contributed by atoms with E-state index in [4.69, 9.17) is 52.3 Å². The van der Waals surface area contributed by atoms with Gasteiger partial charge in [-0.1, -0.05) is 205 Å². The van der Waals surface area contributed by atoms with Crippen molar-refractivity contribution >= 4 is 157 Å². The summed E-state index contributed by atoms with van der Waals surface area (Å²) in [6, 6.07) is 75.2. The summed E-state index contributed by atoms with van der Waals surface area (Å²) >= 11 is 20.0. The summed E-state index contributed by atoms with van der Waals surface area (Å²) in [5.74, 6) is 0. The quantitative estimate of drug-likeness (QED) is 0.0682. The number of benzene rings is 6. The van der Waals surface area contributed by atoms with Crippen molar-refractivity contribution in [3.05, 3.63) is 278 Å². The molecule has 0 amide bonds. The van der Waals surface area contributed by atoms with Gasteiger partial charge in [-0.2, -0.15) is 0 Å². The predicted molar refractivity (Wildman–Crippen MR) is 326 cm³/mol. The van der Waals surface area contributed by atoms with E-state index in [-0.39, 0.29) is 21.1 Å². The Labute approximate surface area is 487 Å². The topological polar surface area (TPSA) is 92.0 Å². The van der Waals surface area contributed by atoms with Gasteiger partial charge in [-0.3, -0.25) is 9.97 Å². The van der Waals surface area contributed by atoms with Crippen LogP contribution in [-0.4, -0.2) is 37.1 Å². The van der Waals surface area contributed by atoms with Crippen LogP contribution in [-0.2, 0) is 15.9 Å². The number of aromatic nitrogens is 4. The van der Waals surface area contributed by atoms with E-state index in [0.717, 1.165) is 23.6 Å². The van der Waals surface area contributed by atoms with Crippen LogP contribution in [0.25, 0.3) is 11.1 Å². The molecule has 4 aromatic heterocycles. The SMILES string of the molecule is Brc1cncc(I)c1.Clc1cc(-c2cncc(Br)c2)ccn1.OB(O)c1ccnc(Cl)c1.[Cl][Pd][Cl].c1ccc(P(c2ccccc2)c2ccccc2)cc1.c1ccc(P(c2ccccc2)c2ccccc2)cc1. The summed E-state index contributed by atoms with van der Waals surface area (Å²) in [5.41, 5.74) is 2.38. The molecule has 4 heterocycles. The first-order valence-corrected chi connectivity index (χ1v) is 31.9. The molecule has 0 atom stereocenters. The number of pyridine rings is 4. The minimum Gasteiger partial charge on any atom is -0.0622 e. The Hall–Kier alpha value is -3.72. The smallest absolute Gasteiger partial charge is 0.0134 e. The number of halogens is 7. The second-order valence-electron chi connectivity index (χ2n) is 14.6. The van der Waals surface area contributed by atoms with Crippen molar-refractivity contribution < 1.29 is 26.0 Å². The van der Waals surface area contributed by atoms with Gasteiger partial charge in [0.1, 0.15) is 10.3 Å². The largest absolute Gasteiger partial charge is 0.0622 e. The fourth-order valence-electron chi connectivity index (χ4n) is 6.47. The molecular formula is C56H44BBr2Cl4IN4O2P2Pd. The van der Waals surface area contributed by atoms with E-state index in [1.54, 1.807) is 24.8 Å². The molecule has 0 bridgehead atoms. The second kappa shape index (κ2) is 34.8. The molecule has 0 saturated carbocycles. The van der Waals surface area contributed by atoms with E-state index in [2.05, 4.69) is 256 Å². The fourth-order valence-corrected chi connectivity index (χ4v) is 13.1. The zero-order valence-corrected chi connectivity index (χ0v) is 50.1. The first-order valence-electron chi connectivity index (χ1n) is 21.7. The Kier molecular flexibility index (Phi) is 28.6. The van der Waals surface area contributed by atoms with Crippen molar-refractivity contribution in [1.82, 2.24) is 19.9 Å². The summed E-state index contributed by atoms with van der Waals surface area (Å²) in [5, 5.41) is 26.4. The van der Waals surface area contributed by atoms with Crippen LogP contribution in [0.2, 0.25) is 10.3 Å². The van der Waals surface area contributed by atoms with Gasteiger partial charge < -0.3 is 10.0 Å². The normalized spacial score (nSPS) is 10.1. The van der Waals surface area contributed by atoms with Crippen LogP contribution in [0.15, 0.2) is 265 Å². The van der Waals surface area contributed by atoms with Gasteiger partial charge in [0.05, 0.1) is 0 Å². The molecule has 2 N–H and O–H groups in total. The van der Waals surface area contributed by atoms with E-state index in [1.807, 2.05) is 30.5 Å². The van der Waals surface area contributed by atoms with E-state index >= 15 is 0 Å². The van der Waals surface area contributed by atoms with Crippen LogP contribution in [0.5, 0.6) is 0 Å². The third kappa shape index (κ3) is 22.2. The van der Waals surface area contributed by atoms with Gasteiger partial charge in [-0.05, 0) is 150 Å².